The number of rotatable bonds is 1. The highest BCUT2D eigenvalue weighted by molar-refractivity contribution is 9.10. The SMILES string of the molecule is O=C(c1cc2cc(Br)ccc2o1)N1CCCC(O)C1. The van der Waals surface area contributed by atoms with Gasteiger partial charge < -0.3 is 14.4 Å². The molecule has 0 radical (unpaired) electrons. The minimum atomic E-state index is -0.420. The van der Waals surface area contributed by atoms with Gasteiger partial charge in [0, 0.05) is 22.9 Å². The van der Waals surface area contributed by atoms with Gasteiger partial charge in [-0.15, -0.1) is 0 Å². The maximum Gasteiger partial charge on any atom is 0.289 e. The molecule has 1 aromatic heterocycles. The van der Waals surface area contributed by atoms with Gasteiger partial charge in [-0.3, -0.25) is 4.79 Å². The monoisotopic (exact) mass is 323 g/mol. The third-order valence-corrected chi connectivity index (χ3v) is 3.87. The van der Waals surface area contributed by atoms with Gasteiger partial charge in [0.25, 0.3) is 5.91 Å². The molecule has 1 saturated heterocycles. The lowest BCUT2D eigenvalue weighted by Crippen LogP contribution is -2.42. The van der Waals surface area contributed by atoms with E-state index < -0.39 is 6.10 Å². The molecule has 0 aliphatic carbocycles. The summed E-state index contributed by atoms with van der Waals surface area (Å²) in [5.41, 5.74) is 0.698. The normalized spacial score (nSPS) is 19.9. The Hall–Kier alpha value is -1.33. The molecule has 1 atom stereocenters. The summed E-state index contributed by atoms with van der Waals surface area (Å²) >= 11 is 3.39. The van der Waals surface area contributed by atoms with Gasteiger partial charge in [-0.2, -0.15) is 0 Å². The maximum absolute atomic E-state index is 12.3. The number of aliphatic hydroxyl groups is 1. The highest BCUT2D eigenvalue weighted by Gasteiger charge is 2.25. The zero-order valence-corrected chi connectivity index (χ0v) is 11.9. The molecule has 1 aromatic carbocycles. The summed E-state index contributed by atoms with van der Waals surface area (Å²) in [4.78, 5) is 14.0. The molecule has 1 N–H and O–H groups in total. The summed E-state index contributed by atoms with van der Waals surface area (Å²) in [7, 11) is 0. The third-order valence-electron chi connectivity index (χ3n) is 3.37. The lowest BCUT2D eigenvalue weighted by atomic mass is 10.1. The predicted molar refractivity (Wildman–Crippen MR) is 75.1 cm³/mol. The van der Waals surface area contributed by atoms with Gasteiger partial charge in [-0.1, -0.05) is 15.9 Å². The van der Waals surface area contributed by atoms with Crippen LogP contribution in [0.5, 0.6) is 0 Å². The van der Waals surface area contributed by atoms with Crippen LogP contribution >= 0.6 is 15.9 Å². The molecule has 1 aliphatic heterocycles. The van der Waals surface area contributed by atoms with Gasteiger partial charge in [0.15, 0.2) is 5.76 Å². The van der Waals surface area contributed by atoms with Gasteiger partial charge in [-0.25, -0.2) is 0 Å². The number of fused-ring (bicyclic) bond motifs is 1. The summed E-state index contributed by atoms with van der Waals surface area (Å²) in [6.45, 7) is 1.07. The summed E-state index contributed by atoms with van der Waals surface area (Å²) in [5.74, 6) is 0.188. The Balaban J connectivity index is 1.88. The second-order valence-corrected chi connectivity index (χ2v) is 5.76. The fourth-order valence-electron chi connectivity index (χ4n) is 2.41. The molecule has 1 fully saturated rings. The van der Waals surface area contributed by atoms with Crippen molar-refractivity contribution < 1.29 is 14.3 Å². The Kier molecular flexibility index (Phi) is 3.33. The number of furan rings is 1. The Labute approximate surface area is 119 Å². The Bertz CT molecular complexity index is 622. The lowest BCUT2D eigenvalue weighted by Gasteiger charge is -2.29. The zero-order chi connectivity index (χ0) is 13.4. The van der Waals surface area contributed by atoms with E-state index in [1.807, 2.05) is 18.2 Å². The Morgan fingerprint density at radius 2 is 2.26 bits per heavy atom. The van der Waals surface area contributed by atoms with Crippen molar-refractivity contribution in [2.75, 3.05) is 13.1 Å². The van der Waals surface area contributed by atoms with Crippen LogP contribution in [0.1, 0.15) is 23.4 Å². The molecule has 3 rings (SSSR count). The van der Waals surface area contributed by atoms with E-state index in [0.717, 1.165) is 22.7 Å². The molecule has 0 bridgehead atoms. The number of β-amino-alcohol motifs (C(OH)–C–C–N with tert-alkyl or cyclic N) is 1. The van der Waals surface area contributed by atoms with Crippen molar-refractivity contribution in [2.45, 2.75) is 18.9 Å². The number of aliphatic hydroxyl groups excluding tert-OH is 1. The second-order valence-electron chi connectivity index (χ2n) is 4.84. The first kappa shape index (κ1) is 12.7. The van der Waals surface area contributed by atoms with Crippen LogP contribution in [-0.2, 0) is 0 Å². The van der Waals surface area contributed by atoms with Crippen LogP contribution in [0.15, 0.2) is 33.2 Å². The van der Waals surface area contributed by atoms with E-state index in [-0.39, 0.29) is 5.91 Å². The summed E-state index contributed by atoms with van der Waals surface area (Å²) in [6.07, 6.45) is 1.17. The molecule has 2 aromatic rings. The number of carbonyl (C=O) groups excluding carboxylic acids is 1. The van der Waals surface area contributed by atoms with Crippen LogP contribution in [0.4, 0.5) is 0 Å². The zero-order valence-electron chi connectivity index (χ0n) is 10.3. The molecular weight excluding hydrogens is 310 g/mol. The molecule has 100 valence electrons. The Morgan fingerprint density at radius 1 is 1.42 bits per heavy atom. The minimum Gasteiger partial charge on any atom is -0.451 e. The number of hydrogen-bond acceptors (Lipinski definition) is 3. The first-order valence-corrected chi connectivity index (χ1v) is 7.09. The van der Waals surface area contributed by atoms with Crippen LogP contribution in [-0.4, -0.2) is 35.1 Å². The van der Waals surface area contributed by atoms with E-state index in [4.69, 9.17) is 4.42 Å². The van der Waals surface area contributed by atoms with Crippen LogP contribution in [0, 0.1) is 0 Å². The number of piperidine rings is 1. The number of carbonyl (C=O) groups is 1. The number of benzene rings is 1. The van der Waals surface area contributed by atoms with Crippen molar-refractivity contribution in [3.63, 3.8) is 0 Å². The smallest absolute Gasteiger partial charge is 0.289 e. The van der Waals surface area contributed by atoms with Crippen molar-refractivity contribution in [2.24, 2.45) is 0 Å². The molecule has 19 heavy (non-hydrogen) atoms. The van der Waals surface area contributed by atoms with Crippen molar-refractivity contribution in [1.82, 2.24) is 4.90 Å². The van der Waals surface area contributed by atoms with E-state index in [9.17, 15) is 9.90 Å². The highest BCUT2D eigenvalue weighted by Crippen LogP contribution is 2.24. The first-order valence-electron chi connectivity index (χ1n) is 6.30. The highest BCUT2D eigenvalue weighted by atomic mass is 79.9. The number of hydrogen-bond donors (Lipinski definition) is 1. The molecular formula is C14H14BrNO3. The van der Waals surface area contributed by atoms with E-state index in [2.05, 4.69) is 15.9 Å². The van der Waals surface area contributed by atoms with Gasteiger partial charge in [0.2, 0.25) is 0 Å². The second kappa shape index (κ2) is 4.98. The van der Waals surface area contributed by atoms with Crippen molar-refractivity contribution in [3.05, 3.63) is 34.5 Å². The topological polar surface area (TPSA) is 53.7 Å². The van der Waals surface area contributed by atoms with Gasteiger partial charge in [0.05, 0.1) is 6.10 Å². The van der Waals surface area contributed by atoms with Gasteiger partial charge in [0.1, 0.15) is 5.58 Å². The van der Waals surface area contributed by atoms with E-state index in [1.165, 1.54) is 0 Å². The molecule has 1 amide bonds. The van der Waals surface area contributed by atoms with Crippen molar-refractivity contribution >= 4 is 32.8 Å². The van der Waals surface area contributed by atoms with Gasteiger partial charge >= 0.3 is 0 Å². The predicted octanol–water partition coefficient (Wildman–Crippen LogP) is 2.79. The standard InChI is InChI=1S/C14H14BrNO3/c15-10-3-4-12-9(6-10)7-13(19-12)14(18)16-5-1-2-11(17)8-16/h3-4,6-7,11,17H,1-2,5,8H2. The number of nitrogens with zero attached hydrogens (tertiary/aromatic N) is 1. The molecule has 4 nitrogen and oxygen atoms in total. The summed E-state index contributed by atoms with van der Waals surface area (Å²) in [6, 6.07) is 7.38. The molecule has 2 heterocycles. The number of halogens is 1. The van der Waals surface area contributed by atoms with Crippen LogP contribution in [0.25, 0.3) is 11.0 Å². The lowest BCUT2D eigenvalue weighted by molar-refractivity contribution is 0.0450. The Morgan fingerprint density at radius 3 is 3.05 bits per heavy atom. The van der Waals surface area contributed by atoms with E-state index in [0.29, 0.717) is 24.4 Å². The fraction of sp³-hybridized carbons (Fsp3) is 0.357. The first-order chi connectivity index (χ1) is 9.13. The van der Waals surface area contributed by atoms with Crippen molar-refractivity contribution in [1.29, 1.82) is 0 Å². The summed E-state index contributed by atoms with van der Waals surface area (Å²) in [5, 5.41) is 10.5. The minimum absolute atomic E-state index is 0.147. The fourth-order valence-corrected chi connectivity index (χ4v) is 2.79. The average Bonchev–Trinajstić information content (AvgIpc) is 2.80. The van der Waals surface area contributed by atoms with E-state index >= 15 is 0 Å². The van der Waals surface area contributed by atoms with Crippen LogP contribution < -0.4 is 0 Å². The summed E-state index contributed by atoms with van der Waals surface area (Å²) < 4.78 is 6.53. The maximum atomic E-state index is 12.3. The molecule has 0 spiro atoms. The number of likely N-dealkylation sites (tertiary alicyclic amines) is 1. The average molecular weight is 324 g/mol. The molecule has 0 saturated carbocycles. The van der Waals surface area contributed by atoms with E-state index in [1.54, 1.807) is 11.0 Å². The molecule has 1 aliphatic rings. The molecule has 1 unspecified atom stereocenters. The van der Waals surface area contributed by atoms with Crippen LogP contribution in [0.2, 0.25) is 0 Å². The third kappa shape index (κ3) is 2.53. The van der Waals surface area contributed by atoms with Gasteiger partial charge in [-0.05, 0) is 37.1 Å². The number of amides is 1. The largest absolute Gasteiger partial charge is 0.451 e. The molecule has 5 heteroatoms. The quantitative estimate of drug-likeness (QED) is 0.878. The van der Waals surface area contributed by atoms with Crippen LogP contribution in [0.3, 0.4) is 0 Å². The van der Waals surface area contributed by atoms with Crippen molar-refractivity contribution in [3.8, 4) is 0 Å².